The van der Waals surface area contributed by atoms with Crippen molar-refractivity contribution in [3.05, 3.63) is 27.9 Å². The average Bonchev–Trinajstić information content (AvgIpc) is 2.28. The van der Waals surface area contributed by atoms with Crippen LogP contribution in [-0.4, -0.2) is 28.8 Å². The molecule has 1 aliphatic rings. The molecule has 0 radical (unpaired) electrons. The van der Waals surface area contributed by atoms with Crippen molar-refractivity contribution in [2.24, 2.45) is 0 Å². The SMILES string of the molecule is Cc1ccnc(N2CCCC(=O)C2)c1[N+](=O)[O-]. The molecule has 0 unspecified atom stereocenters. The molecule has 2 heterocycles. The third-order valence-corrected chi connectivity index (χ3v) is 2.84. The summed E-state index contributed by atoms with van der Waals surface area (Å²) in [4.78, 5) is 27.7. The van der Waals surface area contributed by atoms with Crippen LogP contribution in [0.1, 0.15) is 18.4 Å². The van der Waals surface area contributed by atoms with E-state index in [9.17, 15) is 14.9 Å². The Bertz CT molecular complexity index is 473. The van der Waals surface area contributed by atoms with Crippen LogP contribution in [0.4, 0.5) is 11.5 Å². The molecule has 0 bridgehead atoms. The van der Waals surface area contributed by atoms with E-state index < -0.39 is 4.92 Å². The van der Waals surface area contributed by atoms with Gasteiger partial charge in [-0.05, 0) is 19.4 Å². The van der Waals surface area contributed by atoms with Gasteiger partial charge in [0.2, 0.25) is 5.82 Å². The van der Waals surface area contributed by atoms with Gasteiger partial charge in [-0.3, -0.25) is 14.9 Å². The highest BCUT2D eigenvalue weighted by Crippen LogP contribution is 2.30. The molecule has 17 heavy (non-hydrogen) atoms. The maximum atomic E-state index is 11.4. The highest BCUT2D eigenvalue weighted by Gasteiger charge is 2.26. The van der Waals surface area contributed by atoms with Crippen molar-refractivity contribution in [3.63, 3.8) is 0 Å². The number of nitrogens with zero attached hydrogens (tertiary/aromatic N) is 3. The molecule has 0 saturated carbocycles. The van der Waals surface area contributed by atoms with Crippen molar-refractivity contribution < 1.29 is 9.72 Å². The van der Waals surface area contributed by atoms with Crippen molar-refractivity contribution in [3.8, 4) is 0 Å². The zero-order valence-corrected chi connectivity index (χ0v) is 9.55. The largest absolute Gasteiger partial charge is 0.344 e. The third-order valence-electron chi connectivity index (χ3n) is 2.84. The Morgan fingerprint density at radius 2 is 2.29 bits per heavy atom. The van der Waals surface area contributed by atoms with E-state index in [-0.39, 0.29) is 18.0 Å². The fourth-order valence-electron chi connectivity index (χ4n) is 2.01. The Morgan fingerprint density at radius 3 is 2.94 bits per heavy atom. The van der Waals surface area contributed by atoms with Crippen molar-refractivity contribution in [2.45, 2.75) is 19.8 Å². The van der Waals surface area contributed by atoms with Gasteiger partial charge in [-0.15, -0.1) is 0 Å². The number of pyridine rings is 1. The molecule has 6 heteroatoms. The number of hydrogen-bond donors (Lipinski definition) is 0. The van der Waals surface area contributed by atoms with Gasteiger partial charge in [0.1, 0.15) is 0 Å². The minimum absolute atomic E-state index is 0.00204. The highest BCUT2D eigenvalue weighted by molar-refractivity contribution is 5.85. The van der Waals surface area contributed by atoms with Crippen LogP contribution in [0.25, 0.3) is 0 Å². The lowest BCUT2D eigenvalue weighted by molar-refractivity contribution is -0.384. The number of carbonyl (C=O) groups is 1. The molecule has 0 atom stereocenters. The second-order valence-electron chi connectivity index (χ2n) is 4.12. The molecule has 90 valence electrons. The monoisotopic (exact) mass is 235 g/mol. The van der Waals surface area contributed by atoms with Crippen LogP contribution >= 0.6 is 0 Å². The Kier molecular flexibility index (Phi) is 3.03. The molecule has 1 aliphatic heterocycles. The van der Waals surface area contributed by atoms with E-state index in [1.165, 1.54) is 6.20 Å². The summed E-state index contributed by atoms with van der Waals surface area (Å²) in [5.74, 6) is 0.414. The van der Waals surface area contributed by atoms with Crippen molar-refractivity contribution in [1.82, 2.24) is 4.98 Å². The topological polar surface area (TPSA) is 76.3 Å². The van der Waals surface area contributed by atoms with Gasteiger partial charge in [0, 0.05) is 24.7 Å². The fourth-order valence-corrected chi connectivity index (χ4v) is 2.01. The van der Waals surface area contributed by atoms with E-state index in [0.29, 0.717) is 24.3 Å². The summed E-state index contributed by atoms with van der Waals surface area (Å²) in [6.45, 7) is 2.54. The Morgan fingerprint density at radius 1 is 1.53 bits per heavy atom. The van der Waals surface area contributed by atoms with Crippen LogP contribution in [0.2, 0.25) is 0 Å². The fraction of sp³-hybridized carbons (Fsp3) is 0.455. The Labute approximate surface area is 98.4 Å². The van der Waals surface area contributed by atoms with Crippen LogP contribution in [0.15, 0.2) is 12.3 Å². The van der Waals surface area contributed by atoms with E-state index in [2.05, 4.69) is 4.98 Å². The molecule has 6 nitrogen and oxygen atoms in total. The second kappa shape index (κ2) is 4.48. The smallest absolute Gasteiger partial charge is 0.314 e. The highest BCUT2D eigenvalue weighted by atomic mass is 16.6. The molecular formula is C11H13N3O3. The zero-order chi connectivity index (χ0) is 12.4. The molecule has 1 fully saturated rings. The standard InChI is InChI=1S/C11H13N3O3/c1-8-4-5-12-11(10(8)14(16)17)13-6-2-3-9(15)7-13/h4-5H,2-3,6-7H2,1H3. The Balaban J connectivity index is 2.40. The number of ketones is 1. The van der Waals surface area contributed by atoms with Gasteiger partial charge >= 0.3 is 5.69 Å². The summed E-state index contributed by atoms with van der Waals surface area (Å²) < 4.78 is 0. The summed E-state index contributed by atoms with van der Waals surface area (Å²) >= 11 is 0. The Hall–Kier alpha value is -1.98. The first-order valence-electron chi connectivity index (χ1n) is 5.46. The first-order chi connectivity index (χ1) is 8.09. The normalized spacial score (nSPS) is 16.1. The van der Waals surface area contributed by atoms with Crippen LogP contribution in [0.3, 0.4) is 0 Å². The van der Waals surface area contributed by atoms with Crippen molar-refractivity contribution in [1.29, 1.82) is 0 Å². The molecule has 2 rings (SSSR count). The average molecular weight is 235 g/mol. The minimum Gasteiger partial charge on any atom is -0.344 e. The predicted octanol–water partition coefficient (Wildman–Crippen LogP) is 1.47. The van der Waals surface area contributed by atoms with Crippen LogP contribution < -0.4 is 4.90 Å². The second-order valence-corrected chi connectivity index (χ2v) is 4.12. The summed E-state index contributed by atoms with van der Waals surface area (Å²) in [6.07, 6.45) is 2.82. The molecule has 1 aromatic heterocycles. The van der Waals surface area contributed by atoms with E-state index >= 15 is 0 Å². The molecule has 0 N–H and O–H groups in total. The van der Waals surface area contributed by atoms with E-state index in [1.54, 1.807) is 17.9 Å². The predicted molar refractivity (Wildman–Crippen MR) is 62.1 cm³/mol. The molecule has 1 aromatic rings. The van der Waals surface area contributed by atoms with Gasteiger partial charge in [0.25, 0.3) is 0 Å². The van der Waals surface area contributed by atoms with Crippen LogP contribution in [0, 0.1) is 17.0 Å². The molecule has 0 aliphatic carbocycles. The summed E-state index contributed by atoms with van der Waals surface area (Å²) in [7, 11) is 0. The van der Waals surface area contributed by atoms with Gasteiger partial charge in [-0.25, -0.2) is 4.98 Å². The van der Waals surface area contributed by atoms with Crippen molar-refractivity contribution >= 4 is 17.3 Å². The minimum atomic E-state index is -0.434. The lowest BCUT2D eigenvalue weighted by Crippen LogP contribution is -2.36. The molecule has 1 saturated heterocycles. The molecule has 0 amide bonds. The van der Waals surface area contributed by atoms with E-state index in [4.69, 9.17) is 0 Å². The molecule has 0 aromatic carbocycles. The van der Waals surface area contributed by atoms with Gasteiger partial charge in [-0.1, -0.05) is 0 Å². The lowest BCUT2D eigenvalue weighted by Gasteiger charge is -2.26. The number of nitro groups is 1. The van der Waals surface area contributed by atoms with Gasteiger partial charge in [0.05, 0.1) is 11.5 Å². The zero-order valence-electron chi connectivity index (χ0n) is 9.55. The van der Waals surface area contributed by atoms with Gasteiger partial charge in [0.15, 0.2) is 5.78 Å². The van der Waals surface area contributed by atoms with Gasteiger partial charge < -0.3 is 4.90 Å². The quantitative estimate of drug-likeness (QED) is 0.573. The number of Topliss-reactive ketones (excluding diaryl/α,β-unsaturated/α-hetero) is 1. The number of hydrogen-bond acceptors (Lipinski definition) is 5. The number of carbonyl (C=O) groups excluding carboxylic acids is 1. The van der Waals surface area contributed by atoms with Crippen LogP contribution in [-0.2, 0) is 4.79 Å². The van der Waals surface area contributed by atoms with E-state index in [0.717, 1.165) is 6.42 Å². The molecular weight excluding hydrogens is 222 g/mol. The number of piperidine rings is 1. The lowest BCUT2D eigenvalue weighted by atomic mass is 10.1. The summed E-state index contributed by atoms with van der Waals surface area (Å²) in [5.41, 5.74) is 0.570. The summed E-state index contributed by atoms with van der Waals surface area (Å²) in [6, 6.07) is 1.60. The number of rotatable bonds is 2. The first-order valence-corrected chi connectivity index (χ1v) is 5.46. The first kappa shape index (κ1) is 11.5. The molecule has 0 spiro atoms. The van der Waals surface area contributed by atoms with Gasteiger partial charge in [-0.2, -0.15) is 0 Å². The maximum absolute atomic E-state index is 11.4. The van der Waals surface area contributed by atoms with E-state index in [1.807, 2.05) is 0 Å². The number of anilines is 1. The third kappa shape index (κ3) is 2.25. The van der Waals surface area contributed by atoms with Crippen molar-refractivity contribution in [2.75, 3.05) is 18.0 Å². The maximum Gasteiger partial charge on any atom is 0.314 e. The number of aryl methyl sites for hydroxylation is 1. The number of aromatic nitrogens is 1. The van der Waals surface area contributed by atoms with Crippen LogP contribution in [0.5, 0.6) is 0 Å². The summed E-state index contributed by atoms with van der Waals surface area (Å²) in [5, 5.41) is 11.0.